The van der Waals surface area contributed by atoms with Gasteiger partial charge in [0, 0.05) is 24.6 Å². The van der Waals surface area contributed by atoms with Crippen molar-refractivity contribution in [1.29, 1.82) is 0 Å². The van der Waals surface area contributed by atoms with E-state index >= 15 is 0 Å². The molecule has 1 N–H and O–H groups in total. The van der Waals surface area contributed by atoms with E-state index in [9.17, 15) is 14.4 Å². The fourth-order valence-electron chi connectivity index (χ4n) is 4.12. The number of rotatable bonds is 5. The van der Waals surface area contributed by atoms with Crippen molar-refractivity contribution < 1.29 is 23.5 Å². The van der Waals surface area contributed by atoms with Crippen molar-refractivity contribution in [1.82, 2.24) is 5.43 Å². The Kier molecular flexibility index (Phi) is 7.02. The van der Waals surface area contributed by atoms with E-state index in [1.807, 2.05) is 0 Å². The van der Waals surface area contributed by atoms with Crippen molar-refractivity contribution in [3.05, 3.63) is 87.3 Å². The molecular formula is C26H24ClN3O5. The van der Waals surface area contributed by atoms with Crippen molar-refractivity contribution in [2.45, 2.75) is 26.2 Å². The summed E-state index contributed by atoms with van der Waals surface area (Å²) >= 11 is 6.11. The molecule has 1 heterocycles. The lowest BCUT2D eigenvalue weighted by atomic mass is 9.93. The van der Waals surface area contributed by atoms with Crippen LogP contribution in [0.3, 0.4) is 0 Å². The minimum Gasteiger partial charge on any atom is -0.465 e. The number of benzene rings is 2. The van der Waals surface area contributed by atoms with E-state index in [2.05, 4.69) is 10.5 Å². The van der Waals surface area contributed by atoms with Crippen LogP contribution < -0.4 is 10.3 Å². The number of hydrogen-bond acceptors (Lipinski definition) is 6. The van der Waals surface area contributed by atoms with Crippen LogP contribution in [0.25, 0.3) is 0 Å². The molecule has 0 saturated heterocycles. The van der Waals surface area contributed by atoms with Crippen molar-refractivity contribution in [2.75, 3.05) is 19.1 Å². The molecule has 8 nitrogen and oxygen atoms in total. The smallest absolute Gasteiger partial charge is 0.339 e. The first-order valence-corrected chi connectivity index (χ1v) is 11.4. The zero-order chi connectivity index (χ0) is 25.1. The molecule has 0 fully saturated rings. The molecule has 3 aromatic rings. The Balaban J connectivity index is 1.63. The van der Waals surface area contributed by atoms with Crippen LogP contribution in [0.4, 0.5) is 5.69 Å². The maximum atomic E-state index is 13.4. The Labute approximate surface area is 207 Å². The number of aryl methyl sites for hydroxylation is 1. The van der Waals surface area contributed by atoms with Gasteiger partial charge in [-0.05, 0) is 44.0 Å². The zero-order valence-electron chi connectivity index (χ0n) is 19.6. The predicted molar refractivity (Wildman–Crippen MR) is 132 cm³/mol. The second-order valence-corrected chi connectivity index (χ2v) is 8.47. The molecule has 0 saturated carbocycles. The van der Waals surface area contributed by atoms with Crippen LogP contribution in [0, 0.1) is 6.92 Å². The summed E-state index contributed by atoms with van der Waals surface area (Å²) in [5, 5.41) is 4.67. The first-order valence-electron chi connectivity index (χ1n) is 11.0. The molecule has 9 heteroatoms. The van der Waals surface area contributed by atoms with Crippen molar-refractivity contribution in [2.24, 2.45) is 5.10 Å². The number of ether oxygens (including phenoxy) is 1. The molecule has 180 valence electrons. The van der Waals surface area contributed by atoms with Gasteiger partial charge in [-0.15, -0.1) is 0 Å². The first-order chi connectivity index (χ1) is 16.8. The molecule has 2 aromatic carbocycles. The molecule has 1 aliphatic rings. The Morgan fingerprint density at radius 3 is 2.46 bits per heavy atom. The standard InChI is InChI=1S/C26H24ClN3O5/c1-15-22-19(28-29-24(31)16-9-4-6-11-18(16)27)12-8-14-21(22)35-23(15)25(32)30(2)20-13-7-5-10-17(20)26(33)34-3/h4-7,9-11,13H,8,12,14H2,1-3H3,(H,29,31)/b28-19+. The average Bonchev–Trinajstić information content (AvgIpc) is 3.23. The Morgan fingerprint density at radius 1 is 1.06 bits per heavy atom. The normalized spacial score (nSPS) is 13.8. The number of esters is 1. The van der Waals surface area contributed by atoms with Crippen LogP contribution in [0.1, 0.15) is 61.0 Å². The number of amides is 2. The summed E-state index contributed by atoms with van der Waals surface area (Å²) in [6.45, 7) is 1.78. The van der Waals surface area contributed by atoms with Crippen LogP contribution in [-0.4, -0.2) is 37.7 Å². The molecule has 0 bridgehead atoms. The number of carbonyl (C=O) groups is 3. The summed E-state index contributed by atoms with van der Waals surface area (Å²) in [5.41, 5.74) is 5.53. The Morgan fingerprint density at radius 2 is 1.74 bits per heavy atom. The van der Waals surface area contributed by atoms with Gasteiger partial charge in [-0.25, -0.2) is 10.2 Å². The molecule has 0 aliphatic heterocycles. The van der Waals surface area contributed by atoms with Gasteiger partial charge in [0.1, 0.15) is 5.76 Å². The average molecular weight is 494 g/mol. The summed E-state index contributed by atoms with van der Waals surface area (Å²) in [7, 11) is 2.86. The lowest BCUT2D eigenvalue weighted by Gasteiger charge is -2.19. The number of anilines is 1. The third-order valence-electron chi connectivity index (χ3n) is 5.91. The van der Waals surface area contributed by atoms with Gasteiger partial charge in [-0.3, -0.25) is 9.59 Å². The van der Waals surface area contributed by atoms with Crippen molar-refractivity contribution in [3.8, 4) is 0 Å². The van der Waals surface area contributed by atoms with E-state index in [1.54, 1.807) is 62.5 Å². The predicted octanol–water partition coefficient (Wildman–Crippen LogP) is 4.78. The van der Waals surface area contributed by atoms with Gasteiger partial charge in [0.15, 0.2) is 5.76 Å². The van der Waals surface area contributed by atoms with Crippen LogP contribution in [0.2, 0.25) is 5.02 Å². The minimum atomic E-state index is -0.542. The zero-order valence-corrected chi connectivity index (χ0v) is 20.3. The highest BCUT2D eigenvalue weighted by atomic mass is 35.5. The number of halogens is 1. The first kappa shape index (κ1) is 24.2. The van der Waals surface area contributed by atoms with Gasteiger partial charge >= 0.3 is 5.97 Å². The van der Waals surface area contributed by atoms with Gasteiger partial charge in [0.05, 0.1) is 34.7 Å². The fourth-order valence-corrected chi connectivity index (χ4v) is 4.34. The number of fused-ring (bicyclic) bond motifs is 1. The Hall–Kier alpha value is -3.91. The van der Waals surface area contributed by atoms with Gasteiger partial charge < -0.3 is 14.1 Å². The van der Waals surface area contributed by atoms with Crippen LogP contribution in [0.15, 0.2) is 58.0 Å². The van der Waals surface area contributed by atoms with Crippen LogP contribution in [-0.2, 0) is 11.2 Å². The molecule has 2 amide bonds. The summed E-state index contributed by atoms with van der Waals surface area (Å²) < 4.78 is 10.8. The molecule has 1 aliphatic carbocycles. The maximum Gasteiger partial charge on any atom is 0.339 e. The van der Waals surface area contributed by atoms with Gasteiger partial charge in [-0.1, -0.05) is 35.9 Å². The number of para-hydroxylation sites is 1. The van der Waals surface area contributed by atoms with E-state index in [0.717, 1.165) is 6.42 Å². The molecule has 35 heavy (non-hydrogen) atoms. The minimum absolute atomic E-state index is 0.157. The molecule has 0 spiro atoms. The number of nitrogens with one attached hydrogen (secondary N) is 1. The summed E-state index contributed by atoms with van der Waals surface area (Å²) in [4.78, 5) is 39.5. The highest BCUT2D eigenvalue weighted by Crippen LogP contribution is 2.32. The number of nitrogens with zero attached hydrogens (tertiary/aromatic N) is 2. The molecule has 0 atom stereocenters. The van der Waals surface area contributed by atoms with E-state index in [-0.39, 0.29) is 11.3 Å². The summed E-state index contributed by atoms with van der Waals surface area (Å²) in [5.74, 6) is -0.583. The highest BCUT2D eigenvalue weighted by molar-refractivity contribution is 6.33. The van der Waals surface area contributed by atoms with Crippen molar-refractivity contribution >= 4 is 40.8 Å². The van der Waals surface area contributed by atoms with Gasteiger partial charge in [-0.2, -0.15) is 5.10 Å². The van der Waals surface area contributed by atoms with E-state index in [0.29, 0.717) is 51.7 Å². The van der Waals surface area contributed by atoms with E-state index < -0.39 is 17.8 Å². The van der Waals surface area contributed by atoms with E-state index in [1.165, 1.54) is 12.0 Å². The molecule has 4 rings (SSSR count). The van der Waals surface area contributed by atoms with E-state index in [4.69, 9.17) is 20.8 Å². The molecule has 0 radical (unpaired) electrons. The van der Waals surface area contributed by atoms with Crippen LogP contribution in [0.5, 0.6) is 0 Å². The second kappa shape index (κ2) is 10.1. The summed E-state index contributed by atoms with van der Waals surface area (Å²) in [6, 6.07) is 13.4. The second-order valence-electron chi connectivity index (χ2n) is 8.06. The number of carbonyl (C=O) groups excluding carboxylic acids is 3. The molecule has 1 aromatic heterocycles. The number of hydrogen-bond donors (Lipinski definition) is 1. The third-order valence-corrected chi connectivity index (χ3v) is 6.24. The number of hydrazone groups is 1. The van der Waals surface area contributed by atoms with Gasteiger partial charge in [0.2, 0.25) is 0 Å². The topological polar surface area (TPSA) is 101 Å². The molecule has 0 unspecified atom stereocenters. The summed E-state index contributed by atoms with van der Waals surface area (Å²) in [6.07, 6.45) is 2.02. The Bertz CT molecular complexity index is 1340. The largest absolute Gasteiger partial charge is 0.465 e. The fraction of sp³-hybridized carbons (Fsp3) is 0.231. The maximum absolute atomic E-state index is 13.4. The quantitative estimate of drug-likeness (QED) is 0.407. The number of furan rings is 1. The van der Waals surface area contributed by atoms with Crippen molar-refractivity contribution in [3.63, 3.8) is 0 Å². The number of methoxy groups -OCH3 is 1. The van der Waals surface area contributed by atoms with Gasteiger partial charge in [0.25, 0.3) is 11.8 Å². The highest BCUT2D eigenvalue weighted by Gasteiger charge is 2.31. The van der Waals surface area contributed by atoms with Crippen LogP contribution >= 0.6 is 11.6 Å². The third kappa shape index (κ3) is 4.70. The lowest BCUT2D eigenvalue weighted by Crippen LogP contribution is -2.28. The SMILES string of the molecule is COC(=O)c1ccccc1N(C)C(=O)c1oc2c(c1C)/C(=N/NC(=O)c1ccccc1Cl)CCC2. The monoisotopic (exact) mass is 493 g/mol. The molecular weight excluding hydrogens is 470 g/mol. The lowest BCUT2D eigenvalue weighted by molar-refractivity contribution is 0.0601.